The van der Waals surface area contributed by atoms with Crippen molar-refractivity contribution in [2.75, 3.05) is 155 Å². The summed E-state index contributed by atoms with van der Waals surface area (Å²) in [5.41, 5.74) is 4.12. The minimum atomic E-state index is -0.406. The molecule has 18 nitrogen and oxygen atoms in total. The molecule has 0 aliphatic rings. The highest BCUT2D eigenvalue weighted by atomic mass is 16.7. The lowest BCUT2D eigenvalue weighted by atomic mass is 10.0. The minimum Gasteiger partial charge on any atom is -0.497 e. The van der Waals surface area contributed by atoms with E-state index in [-0.39, 0.29) is 25.2 Å². The van der Waals surface area contributed by atoms with Crippen LogP contribution in [0.15, 0.2) is 174 Å². The molecule has 7 aromatic carbocycles. The van der Waals surface area contributed by atoms with E-state index in [1.807, 2.05) is 84.9 Å². The molecule has 6 atom stereocenters. The molecule has 0 fully saturated rings. The van der Waals surface area contributed by atoms with Gasteiger partial charge in [-0.3, -0.25) is 0 Å². The summed E-state index contributed by atoms with van der Waals surface area (Å²) in [7, 11) is 9.92. The smallest absolute Gasteiger partial charge is 0.216 e. The van der Waals surface area contributed by atoms with Crippen LogP contribution in [0.3, 0.4) is 0 Å². The molecule has 18 heteroatoms. The van der Waals surface area contributed by atoms with Gasteiger partial charge >= 0.3 is 0 Å². The zero-order chi connectivity index (χ0) is 76.1. The predicted molar refractivity (Wildman–Crippen MR) is 425 cm³/mol. The van der Waals surface area contributed by atoms with Crippen molar-refractivity contribution >= 4 is 32.3 Å². The van der Waals surface area contributed by atoms with Gasteiger partial charge in [-0.15, -0.1) is 0 Å². The summed E-state index contributed by atoms with van der Waals surface area (Å²) in [6.07, 6.45) is 15.5. The zero-order valence-electron chi connectivity index (χ0n) is 66.2. The van der Waals surface area contributed by atoms with E-state index in [0.29, 0.717) is 85.2 Å². The van der Waals surface area contributed by atoms with Crippen molar-refractivity contribution in [3.8, 4) is 5.75 Å². The maximum atomic E-state index is 5.92. The maximum Gasteiger partial charge on any atom is 0.216 e. The van der Waals surface area contributed by atoms with Crippen LogP contribution in [0, 0.1) is 5.92 Å². The highest BCUT2D eigenvalue weighted by Crippen LogP contribution is 2.30. The van der Waals surface area contributed by atoms with Crippen LogP contribution in [0.25, 0.3) is 32.3 Å². The largest absolute Gasteiger partial charge is 0.497 e. The van der Waals surface area contributed by atoms with Crippen molar-refractivity contribution in [1.82, 2.24) is 0 Å². The van der Waals surface area contributed by atoms with Gasteiger partial charge in [-0.2, -0.15) is 0 Å². The Morgan fingerprint density at radius 1 is 0.292 bits per heavy atom. The second kappa shape index (κ2) is 61.6. The molecule has 0 saturated heterocycles. The average molecular weight is 1480 g/mol. The summed E-state index contributed by atoms with van der Waals surface area (Å²) in [4.78, 5) is 0. The molecule has 0 saturated carbocycles. The third-order valence-corrected chi connectivity index (χ3v) is 16.8. The Balaban J connectivity index is 0.000000282. The summed E-state index contributed by atoms with van der Waals surface area (Å²) in [6, 6.07) is 54.8. The van der Waals surface area contributed by atoms with E-state index >= 15 is 0 Å². The van der Waals surface area contributed by atoms with E-state index in [9.17, 15) is 0 Å². The summed E-state index contributed by atoms with van der Waals surface area (Å²) >= 11 is 0. The molecule has 1 aromatic heterocycles. The molecular formula is C88H130O18. The molecule has 0 bridgehead atoms. The van der Waals surface area contributed by atoms with Crippen LogP contribution in [0.2, 0.25) is 0 Å². The maximum absolute atomic E-state index is 5.92. The van der Waals surface area contributed by atoms with Crippen molar-refractivity contribution in [2.24, 2.45) is 5.92 Å². The Labute approximate surface area is 635 Å². The minimum absolute atomic E-state index is 0.275. The van der Waals surface area contributed by atoms with Gasteiger partial charge in [0.2, 0.25) is 6.29 Å². The molecule has 106 heavy (non-hydrogen) atoms. The van der Waals surface area contributed by atoms with Gasteiger partial charge in [0.25, 0.3) is 0 Å². The molecule has 590 valence electrons. The normalized spacial score (nSPS) is 12.9. The Bertz CT molecular complexity index is 3300. The van der Waals surface area contributed by atoms with Gasteiger partial charge in [-0.1, -0.05) is 226 Å². The first kappa shape index (κ1) is 92.1. The average Bonchev–Trinajstić information content (AvgIpc) is 0.953. The SMILES string of the molecule is CCCC(C)CCOC(OC)c1ccc2ccccc2c1.CCCCCCCCCOC(OC)c1ccco1.CCCOCCOC(OC)c1ccc(OC)cc1.CCCOCCOCCOC(OC)c1cccc2ccccc12.CCCOCCOCCOCCOC(OC)c1cccc2ccccc12. The topological polar surface area (TPSA) is 170 Å². The van der Waals surface area contributed by atoms with Gasteiger partial charge in [-0.05, 0) is 101 Å². The molecule has 0 radical (unpaired) electrons. The monoisotopic (exact) mass is 1470 g/mol. The summed E-state index contributed by atoms with van der Waals surface area (Å²) in [5, 5.41) is 7.11. The number of hydrogen-bond donors (Lipinski definition) is 0. The lowest BCUT2D eigenvalue weighted by molar-refractivity contribution is -0.139. The van der Waals surface area contributed by atoms with Crippen molar-refractivity contribution in [3.05, 3.63) is 198 Å². The molecule has 8 rings (SSSR count). The molecule has 1 heterocycles. The fourth-order valence-corrected chi connectivity index (χ4v) is 11.2. The highest BCUT2D eigenvalue weighted by Gasteiger charge is 2.18. The van der Waals surface area contributed by atoms with Crippen LogP contribution in [-0.4, -0.2) is 155 Å². The van der Waals surface area contributed by atoms with E-state index in [1.165, 1.54) is 72.9 Å². The van der Waals surface area contributed by atoms with Crippen LogP contribution in [0.1, 0.15) is 184 Å². The number of hydrogen-bond acceptors (Lipinski definition) is 18. The second-order valence-electron chi connectivity index (χ2n) is 25.2. The molecule has 0 spiro atoms. The quantitative estimate of drug-likeness (QED) is 0.0260. The Hall–Kier alpha value is -6.24. The van der Waals surface area contributed by atoms with E-state index in [0.717, 1.165) is 110 Å². The molecule has 0 N–H and O–H groups in total. The molecule has 0 aliphatic heterocycles. The number of rotatable bonds is 53. The van der Waals surface area contributed by atoms with Crippen LogP contribution in [0.4, 0.5) is 0 Å². The number of methoxy groups -OCH3 is 6. The van der Waals surface area contributed by atoms with Crippen LogP contribution in [0.5, 0.6) is 5.75 Å². The molecular weight excluding hydrogens is 1340 g/mol. The summed E-state index contributed by atoms with van der Waals surface area (Å²) in [6.45, 7) is 23.5. The van der Waals surface area contributed by atoms with Gasteiger partial charge in [-0.25, -0.2) is 0 Å². The van der Waals surface area contributed by atoms with E-state index in [1.54, 1.807) is 48.9 Å². The number of furan rings is 1. The lowest BCUT2D eigenvalue weighted by Gasteiger charge is -2.18. The first-order valence-electron chi connectivity index (χ1n) is 38.5. The molecule has 6 unspecified atom stereocenters. The van der Waals surface area contributed by atoms with Crippen LogP contribution >= 0.6 is 0 Å². The number of ether oxygens (including phenoxy) is 17. The van der Waals surface area contributed by atoms with Crippen LogP contribution < -0.4 is 4.74 Å². The third kappa shape index (κ3) is 38.7. The molecule has 8 aromatic rings. The Morgan fingerprint density at radius 3 is 1.16 bits per heavy atom. The van der Waals surface area contributed by atoms with Gasteiger partial charge < -0.3 is 84.9 Å². The fraction of sp³-hybridized carbons (Fsp3) is 0.545. The first-order valence-corrected chi connectivity index (χ1v) is 38.5. The van der Waals surface area contributed by atoms with Crippen molar-refractivity contribution < 1.29 is 84.9 Å². The number of unbranched alkanes of at least 4 members (excludes halogenated alkanes) is 6. The number of benzene rings is 7. The van der Waals surface area contributed by atoms with Crippen molar-refractivity contribution in [1.29, 1.82) is 0 Å². The van der Waals surface area contributed by atoms with Gasteiger partial charge in [0.05, 0.1) is 106 Å². The van der Waals surface area contributed by atoms with E-state index in [2.05, 4.69) is 120 Å². The fourth-order valence-electron chi connectivity index (χ4n) is 11.2. The van der Waals surface area contributed by atoms with Gasteiger partial charge in [0.1, 0.15) is 5.75 Å². The van der Waals surface area contributed by atoms with E-state index < -0.39 is 6.29 Å². The Kier molecular flexibility index (Phi) is 53.6. The predicted octanol–water partition coefficient (Wildman–Crippen LogP) is 20.7. The van der Waals surface area contributed by atoms with Gasteiger partial charge in [0, 0.05) is 77.6 Å². The molecule has 0 aliphatic carbocycles. The molecule has 0 amide bonds. The van der Waals surface area contributed by atoms with Crippen molar-refractivity contribution in [2.45, 2.75) is 156 Å². The highest BCUT2D eigenvalue weighted by molar-refractivity contribution is 5.87. The third-order valence-electron chi connectivity index (χ3n) is 16.8. The van der Waals surface area contributed by atoms with Crippen molar-refractivity contribution in [3.63, 3.8) is 0 Å². The first-order chi connectivity index (χ1) is 52.2. The van der Waals surface area contributed by atoms with E-state index in [4.69, 9.17) is 84.9 Å². The summed E-state index contributed by atoms with van der Waals surface area (Å²) in [5.74, 6) is 2.27. The van der Waals surface area contributed by atoms with Crippen LogP contribution in [-0.2, 0) is 75.8 Å². The zero-order valence-corrected chi connectivity index (χ0v) is 66.2. The standard InChI is InChI=1S/C21H30O5.C19H26O4.C19H26O2.C15H26O3.C14H22O4/c1-3-11-23-12-13-24-14-15-25-16-17-26-21(22-2)20-10-6-8-18-7-4-5-9-19(18)20;1-3-11-21-12-13-22-14-15-23-19(20-2)18-10-6-8-16-7-4-5-9-17(16)18;1-4-7-15(2)12-13-21-19(20-3)18-11-10-16-8-5-6-9-17(16)14-18;1-3-4-5-6-7-8-9-12-18-15(16-2)14-11-10-13-17-14;1-4-9-17-10-11-18-14(16-3)12-5-7-13(15-2)8-6-12/h4-10,21H,3,11-17H2,1-2H3;4-10,19H,3,11-15H2,1-2H3;5-6,8-11,14-15,19H,4,7,12-13H2,1-3H3;10-11,13,15H,3-9,12H2,1-2H3;5-8,14H,4,9-11H2,1-3H3. The second-order valence-corrected chi connectivity index (χ2v) is 25.2. The summed E-state index contributed by atoms with van der Waals surface area (Å²) < 4.78 is 98.8. The number of fused-ring (bicyclic) bond motifs is 3. The lowest BCUT2D eigenvalue weighted by Crippen LogP contribution is -2.14. The van der Waals surface area contributed by atoms with Gasteiger partial charge in [0.15, 0.2) is 30.9 Å². The Morgan fingerprint density at radius 2 is 0.698 bits per heavy atom.